The van der Waals surface area contributed by atoms with E-state index in [0.717, 1.165) is 30.9 Å². The molecule has 1 aliphatic carbocycles. The van der Waals surface area contributed by atoms with Crippen LogP contribution in [0.2, 0.25) is 0 Å². The second kappa shape index (κ2) is 6.64. The van der Waals surface area contributed by atoms with Crippen molar-refractivity contribution >= 4 is 0 Å². The standard InChI is InChI=1S/C15H23NO2/c1-3-11-17-14-8-4-5-9-15(14)18-13-10-6-7-12(13)16-2/h4-5,8-9,12-13,16H,3,6-7,10-11H2,1-2H3. The van der Waals surface area contributed by atoms with E-state index < -0.39 is 0 Å². The van der Waals surface area contributed by atoms with Crippen molar-refractivity contribution in [3.63, 3.8) is 0 Å². The third-order valence-corrected chi connectivity index (χ3v) is 3.41. The van der Waals surface area contributed by atoms with Crippen LogP contribution in [0.3, 0.4) is 0 Å². The molecule has 18 heavy (non-hydrogen) atoms. The van der Waals surface area contributed by atoms with Gasteiger partial charge in [0, 0.05) is 6.04 Å². The number of likely N-dealkylation sites (N-methyl/N-ethyl adjacent to an activating group) is 1. The predicted octanol–water partition coefficient (Wildman–Crippen LogP) is 2.99. The molecule has 1 aromatic rings. The Balaban J connectivity index is 2.03. The summed E-state index contributed by atoms with van der Waals surface area (Å²) in [4.78, 5) is 0. The molecule has 1 saturated carbocycles. The Morgan fingerprint density at radius 3 is 2.72 bits per heavy atom. The quantitative estimate of drug-likeness (QED) is 0.840. The third-order valence-electron chi connectivity index (χ3n) is 3.41. The summed E-state index contributed by atoms with van der Waals surface area (Å²) < 4.78 is 11.8. The number of rotatable bonds is 6. The molecular formula is C15H23NO2. The molecule has 3 heteroatoms. The van der Waals surface area contributed by atoms with Crippen LogP contribution in [0.25, 0.3) is 0 Å². The maximum absolute atomic E-state index is 6.12. The van der Waals surface area contributed by atoms with Crippen molar-refractivity contribution in [3.05, 3.63) is 24.3 Å². The van der Waals surface area contributed by atoms with Gasteiger partial charge in [0.2, 0.25) is 0 Å². The first-order valence-electron chi connectivity index (χ1n) is 6.91. The van der Waals surface area contributed by atoms with Crippen LogP contribution in [0.15, 0.2) is 24.3 Å². The van der Waals surface area contributed by atoms with Gasteiger partial charge in [-0.1, -0.05) is 19.1 Å². The van der Waals surface area contributed by atoms with Crippen LogP contribution < -0.4 is 14.8 Å². The normalized spacial score (nSPS) is 23.0. The molecule has 1 fully saturated rings. The number of nitrogens with one attached hydrogen (secondary N) is 1. The van der Waals surface area contributed by atoms with E-state index in [0.29, 0.717) is 6.04 Å². The zero-order valence-corrected chi connectivity index (χ0v) is 11.3. The maximum atomic E-state index is 6.12. The Labute approximate surface area is 109 Å². The smallest absolute Gasteiger partial charge is 0.161 e. The van der Waals surface area contributed by atoms with E-state index in [1.165, 1.54) is 12.8 Å². The highest BCUT2D eigenvalue weighted by atomic mass is 16.5. The van der Waals surface area contributed by atoms with Gasteiger partial charge >= 0.3 is 0 Å². The highest BCUT2D eigenvalue weighted by molar-refractivity contribution is 5.39. The largest absolute Gasteiger partial charge is 0.490 e. The topological polar surface area (TPSA) is 30.5 Å². The first kappa shape index (κ1) is 13.2. The van der Waals surface area contributed by atoms with Crippen molar-refractivity contribution < 1.29 is 9.47 Å². The molecule has 0 radical (unpaired) electrons. The van der Waals surface area contributed by atoms with Crippen molar-refractivity contribution in [2.45, 2.75) is 44.8 Å². The number of hydrogen-bond donors (Lipinski definition) is 1. The molecule has 2 atom stereocenters. The third kappa shape index (κ3) is 3.16. The van der Waals surface area contributed by atoms with Crippen molar-refractivity contribution in [3.8, 4) is 11.5 Å². The van der Waals surface area contributed by atoms with Gasteiger partial charge < -0.3 is 14.8 Å². The van der Waals surface area contributed by atoms with Gasteiger partial charge in [0.25, 0.3) is 0 Å². The molecule has 1 aliphatic rings. The average molecular weight is 249 g/mol. The van der Waals surface area contributed by atoms with Gasteiger partial charge in [-0.05, 0) is 44.9 Å². The SMILES string of the molecule is CCCOc1ccccc1OC1CCCC1NC. The highest BCUT2D eigenvalue weighted by Crippen LogP contribution is 2.31. The van der Waals surface area contributed by atoms with Gasteiger partial charge in [0.1, 0.15) is 6.10 Å². The molecule has 0 amide bonds. The summed E-state index contributed by atoms with van der Waals surface area (Å²) in [5, 5.41) is 3.33. The molecule has 100 valence electrons. The van der Waals surface area contributed by atoms with E-state index in [4.69, 9.17) is 9.47 Å². The lowest BCUT2D eigenvalue weighted by molar-refractivity contribution is 0.168. The fourth-order valence-electron chi connectivity index (χ4n) is 2.44. The second-order valence-corrected chi connectivity index (χ2v) is 4.78. The Bertz CT molecular complexity index is 367. The van der Waals surface area contributed by atoms with Crippen LogP contribution in [-0.2, 0) is 0 Å². The first-order valence-corrected chi connectivity index (χ1v) is 6.91. The van der Waals surface area contributed by atoms with E-state index in [-0.39, 0.29) is 6.10 Å². The minimum Gasteiger partial charge on any atom is -0.490 e. The molecule has 1 N–H and O–H groups in total. The predicted molar refractivity (Wildman–Crippen MR) is 73.3 cm³/mol. The van der Waals surface area contributed by atoms with Gasteiger partial charge in [0.15, 0.2) is 11.5 Å². The number of benzene rings is 1. The summed E-state index contributed by atoms with van der Waals surface area (Å²) in [6.07, 6.45) is 4.82. The summed E-state index contributed by atoms with van der Waals surface area (Å²) in [5.74, 6) is 1.74. The molecule has 0 bridgehead atoms. The van der Waals surface area contributed by atoms with Crippen LogP contribution in [0, 0.1) is 0 Å². The molecule has 0 aliphatic heterocycles. The Hall–Kier alpha value is -1.22. The lowest BCUT2D eigenvalue weighted by Gasteiger charge is -2.22. The summed E-state index contributed by atoms with van der Waals surface area (Å²) in [7, 11) is 2.01. The summed E-state index contributed by atoms with van der Waals surface area (Å²) in [6, 6.07) is 8.42. The van der Waals surface area contributed by atoms with Gasteiger partial charge in [-0.25, -0.2) is 0 Å². The van der Waals surface area contributed by atoms with E-state index in [2.05, 4.69) is 12.2 Å². The van der Waals surface area contributed by atoms with Crippen LogP contribution in [-0.4, -0.2) is 25.8 Å². The van der Waals surface area contributed by atoms with Crippen molar-refractivity contribution in [2.24, 2.45) is 0 Å². The molecule has 0 heterocycles. The summed E-state index contributed by atoms with van der Waals surface area (Å²) in [6.45, 7) is 2.85. The fourth-order valence-corrected chi connectivity index (χ4v) is 2.44. The fraction of sp³-hybridized carbons (Fsp3) is 0.600. The maximum Gasteiger partial charge on any atom is 0.161 e. The second-order valence-electron chi connectivity index (χ2n) is 4.78. The Morgan fingerprint density at radius 1 is 1.22 bits per heavy atom. The van der Waals surface area contributed by atoms with E-state index in [1.54, 1.807) is 0 Å². The van der Waals surface area contributed by atoms with Crippen LogP contribution in [0.5, 0.6) is 11.5 Å². The van der Waals surface area contributed by atoms with E-state index >= 15 is 0 Å². The van der Waals surface area contributed by atoms with Gasteiger partial charge in [-0.15, -0.1) is 0 Å². The molecule has 2 unspecified atom stereocenters. The van der Waals surface area contributed by atoms with Gasteiger partial charge in [-0.3, -0.25) is 0 Å². The molecule has 1 aromatic carbocycles. The van der Waals surface area contributed by atoms with Crippen LogP contribution in [0.4, 0.5) is 0 Å². The lowest BCUT2D eigenvalue weighted by atomic mass is 10.2. The number of ether oxygens (including phenoxy) is 2. The molecular weight excluding hydrogens is 226 g/mol. The molecule has 3 nitrogen and oxygen atoms in total. The summed E-state index contributed by atoms with van der Waals surface area (Å²) >= 11 is 0. The number of para-hydroxylation sites is 2. The zero-order valence-electron chi connectivity index (χ0n) is 11.3. The molecule has 2 rings (SSSR count). The Kier molecular flexibility index (Phi) is 4.88. The molecule has 0 aromatic heterocycles. The van der Waals surface area contributed by atoms with E-state index in [9.17, 15) is 0 Å². The number of hydrogen-bond acceptors (Lipinski definition) is 3. The van der Waals surface area contributed by atoms with Gasteiger partial charge in [-0.2, -0.15) is 0 Å². The molecule has 0 saturated heterocycles. The monoisotopic (exact) mass is 249 g/mol. The average Bonchev–Trinajstić information content (AvgIpc) is 2.85. The van der Waals surface area contributed by atoms with Gasteiger partial charge in [0.05, 0.1) is 6.61 Å². The first-order chi connectivity index (χ1) is 8.85. The van der Waals surface area contributed by atoms with Crippen molar-refractivity contribution in [1.82, 2.24) is 5.32 Å². The minimum atomic E-state index is 0.265. The minimum absolute atomic E-state index is 0.265. The zero-order chi connectivity index (χ0) is 12.8. The van der Waals surface area contributed by atoms with Crippen molar-refractivity contribution in [2.75, 3.05) is 13.7 Å². The van der Waals surface area contributed by atoms with Crippen molar-refractivity contribution in [1.29, 1.82) is 0 Å². The highest BCUT2D eigenvalue weighted by Gasteiger charge is 2.28. The Morgan fingerprint density at radius 2 is 2.00 bits per heavy atom. The lowest BCUT2D eigenvalue weighted by Crippen LogP contribution is -2.36. The van der Waals surface area contributed by atoms with Crippen LogP contribution in [0.1, 0.15) is 32.6 Å². The molecule has 0 spiro atoms. The summed E-state index contributed by atoms with van der Waals surface area (Å²) in [5.41, 5.74) is 0. The van der Waals surface area contributed by atoms with E-state index in [1.807, 2.05) is 31.3 Å². The van der Waals surface area contributed by atoms with Crippen LogP contribution >= 0.6 is 0 Å².